The fourth-order valence-corrected chi connectivity index (χ4v) is 3.17. The van der Waals surface area contributed by atoms with Crippen molar-refractivity contribution in [1.82, 2.24) is 0 Å². The van der Waals surface area contributed by atoms with Gasteiger partial charge < -0.3 is 4.74 Å². The maximum atomic E-state index is 13.3. The van der Waals surface area contributed by atoms with E-state index in [2.05, 4.69) is 4.40 Å². The Morgan fingerprint density at radius 2 is 1.61 bits per heavy atom. The molecule has 1 aliphatic rings. The first-order valence-electron chi connectivity index (χ1n) is 8.01. The average Bonchev–Trinajstić information content (AvgIpc) is 2.42. The molecule has 1 fully saturated rings. The van der Waals surface area contributed by atoms with Gasteiger partial charge in [-0.3, -0.25) is 4.79 Å². The molecule has 1 saturated carbocycles. The van der Waals surface area contributed by atoms with E-state index in [-0.39, 0.29) is 23.7 Å². The second-order valence-corrected chi connectivity index (χ2v) is 9.12. The molecule has 0 radical (unpaired) electrons. The lowest BCUT2D eigenvalue weighted by atomic mass is 9.80. The number of carbonyl (C=O) groups is 1. The lowest BCUT2D eigenvalue weighted by molar-refractivity contribution is -0.153. The van der Waals surface area contributed by atoms with Gasteiger partial charge in [0.25, 0.3) is 6.43 Å². The molecular formula is C16H27F2NO3S. The van der Waals surface area contributed by atoms with Gasteiger partial charge in [-0.2, -0.15) is 4.40 Å². The Morgan fingerprint density at radius 3 is 2.00 bits per heavy atom. The molecule has 0 aromatic heterocycles. The topological polar surface area (TPSA) is 55.7 Å². The molecule has 0 unspecified atom stereocenters. The summed E-state index contributed by atoms with van der Waals surface area (Å²) in [5.41, 5.74) is -0.283. The van der Waals surface area contributed by atoms with E-state index in [4.69, 9.17) is 4.74 Å². The number of rotatable bonds is 5. The van der Waals surface area contributed by atoms with E-state index in [1.807, 2.05) is 0 Å². The number of hydrogen-bond acceptors (Lipinski definition) is 3. The molecule has 1 rings (SSSR count). The van der Waals surface area contributed by atoms with Gasteiger partial charge in [0, 0.05) is 5.92 Å². The standard InChI is InChI=1S/C16H27F2NO3S/c1-10(2)22-15(20)12-8-6-11(7-9-12)13(14(17)18)19-23(21)16(3,4)5/h10-12,14H,6-9H2,1-5H3/b19-13-/t11?,12?,23-/m0/s1. The lowest BCUT2D eigenvalue weighted by Crippen LogP contribution is -2.32. The van der Waals surface area contributed by atoms with E-state index in [9.17, 15) is 17.8 Å². The van der Waals surface area contributed by atoms with Crippen LogP contribution in [0.15, 0.2) is 4.40 Å². The van der Waals surface area contributed by atoms with Crippen LogP contribution in [0.2, 0.25) is 0 Å². The molecule has 1 aliphatic carbocycles. The van der Waals surface area contributed by atoms with Crippen molar-refractivity contribution in [2.75, 3.05) is 0 Å². The van der Waals surface area contributed by atoms with Gasteiger partial charge in [0.05, 0.1) is 22.5 Å². The van der Waals surface area contributed by atoms with Crippen LogP contribution in [0, 0.1) is 11.8 Å². The van der Waals surface area contributed by atoms with Crippen molar-refractivity contribution in [3.8, 4) is 0 Å². The Labute approximate surface area is 139 Å². The number of ether oxygens (including phenoxy) is 1. The third-order valence-corrected chi connectivity index (χ3v) is 5.19. The molecule has 1 atom stereocenters. The summed E-state index contributed by atoms with van der Waals surface area (Å²) in [5.74, 6) is -0.905. The molecule has 0 heterocycles. The molecule has 0 amide bonds. The van der Waals surface area contributed by atoms with Crippen molar-refractivity contribution in [3.63, 3.8) is 0 Å². The summed E-state index contributed by atoms with van der Waals surface area (Å²) in [4.78, 5) is 11.9. The molecule has 23 heavy (non-hydrogen) atoms. The molecule has 0 aromatic carbocycles. The van der Waals surface area contributed by atoms with Gasteiger partial charge in [0.2, 0.25) is 0 Å². The van der Waals surface area contributed by atoms with E-state index < -0.39 is 28.1 Å². The SMILES string of the molecule is CC(C)OC(=O)C1CCC(/C(=N/[S@@](=O)C(C)(C)C)C(F)F)CC1. The number of hydrogen-bond donors (Lipinski definition) is 0. The minimum absolute atomic E-state index is 0.174. The summed E-state index contributed by atoms with van der Waals surface area (Å²) in [7, 11) is -1.70. The second kappa shape index (κ2) is 8.31. The highest BCUT2D eigenvalue weighted by atomic mass is 32.2. The fourth-order valence-electron chi connectivity index (χ4n) is 2.48. The third-order valence-electron chi connectivity index (χ3n) is 3.77. The Kier molecular flexibility index (Phi) is 7.29. The first-order chi connectivity index (χ1) is 10.5. The van der Waals surface area contributed by atoms with Crippen LogP contribution in [0.25, 0.3) is 0 Å². The highest BCUT2D eigenvalue weighted by Gasteiger charge is 2.34. The first kappa shape index (κ1) is 20.2. The molecule has 0 bridgehead atoms. The predicted molar refractivity (Wildman–Crippen MR) is 88.0 cm³/mol. The maximum Gasteiger partial charge on any atom is 0.309 e. The number of esters is 1. The number of carbonyl (C=O) groups excluding carboxylic acids is 1. The van der Waals surface area contributed by atoms with E-state index in [1.165, 1.54) is 0 Å². The lowest BCUT2D eigenvalue weighted by Gasteiger charge is -2.28. The van der Waals surface area contributed by atoms with E-state index in [0.717, 1.165) is 0 Å². The fraction of sp³-hybridized carbons (Fsp3) is 0.875. The van der Waals surface area contributed by atoms with E-state index in [0.29, 0.717) is 25.7 Å². The molecule has 0 N–H and O–H groups in total. The van der Waals surface area contributed by atoms with Crippen molar-refractivity contribution in [3.05, 3.63) is 0 Å². The molecule has 0 aliphatic heterocycles. The van der Waals surface area contributed by atoms with Gasteiger partial charge in [-0.25, -0.2) is 13.0 Å². The quantitative estimate of drug-likeness (QED) is 0.557. The van der Waals surface area contributed by atoms with Gasteiger partial charge >= 0.3 is 5.97 Å². The first-order valence-corrected chi connectivity index (χ1v) is 9.12. The summed E-state index contributed by atoms with van der Waals surface area (Å²) in [6, 6.07) is 0. The highest BCUT2D eigenvalue weighted by Crippen LogP contribution is 2.33. The van der Waals surface area contributed by atoms with Gasteiger partial charge in [0.15, 0.2) is 0 Å². The summed E-state index contributed by atoms with van der Waals surface area (Å²) in [6.07, 6.45) is -0.989. The normalized spacial score (nSPS) is 24.8. The van der Waals surface area contributed by atoms with E-state index in [1.54, 1.807) is 34.6 Å². The Hall–Kier alpha value is -0.850. The van der Waals surface area contributed by atoms with Crippen molar-refractivity contribution >= 4 is 22.7 Å². The zero-order chi connectivity index (χ0) is 17.8. The average molecular weight is 351 g/mol. The number of halogens is 2. The van der Waals surface area contributed by atoms with Gasteiger partial charge in [0.1, 0.15) is 11.0 Å². The minimum atomic E-state index is -2.72. The third kappa shape index (κ3) is 6.28. The zero-order valence-corrected chi connectivity index (χ0v) is 15.3. The van der Waals surface area contributed by atoms with Crippen LogP contribution >= 0.6 is 0 Å². The number of nitrogens with zero attached hydrogens (tertiary/aromatic N) is 1. The minimum Gasteiger partial charge on any atom is -0.463 e. The van der Waals surface area contributed by atoms with Crippen LogP contribution in [-0.2, 0) is 20.5 Å². The number of alkyl halides is 2. The molecule has 7 heteroatoms. The molecule has 134 valence electrons. The highest BCUT2D eigenvalue weighted by molar-refractivity contribution is 7.85. The van der Waals surface area contributed by atoms with Gasteiger partial charge in [-0.05, 0) is 60.3 Å². The Bertz CT molecular complexity index is 464. The summed E-state index contributed by atoms with van der Waals surface area (Å²) in [5, 5.41) is 0. The smallest absolute Gasteiger partial charge is 0.309 e. The van der Waals surface area contributed by atoms with Crippen molar-refractivity contribution in [2.24, 2.45) is 16.2 Å². The molecule has 0 aromatic rings. The Balaban J connectivity index is 2.74. The largest absolute Gasteiger partial charge is 0.463 e. The van der Waals surface area contributed by atoms with Crippen LogP contribution < -0.4 is 0 Å². The Morgan fingerprint density at radius 1 is 1.13 bits per heavy atom. The van der Waals surface area contributed by atoms with Crippen LogP contribution in [0.3, 0.4) is 0 Å². The summed E-state index contributed by atoms with van der Waals surface area (Å²) in [6.45, 7) is 8.68. The zero-order valence-electron chi connectivity index (χ0n) is 14.5. The summed E-state index contributed by atoms with van der Waals surface area (Å²) >= 11 is 0. The summed E-state index contributed by atoms with van der Waals surface area (Å²) < 4.78 is 47.0. The van der Waals surface area contributed by atoms with Crippen LogP contribution in [-0.4, -0.2) is 33.2 Å². The molecule has 0 saturated heterocycles. The van der Waals surface area contributed by atoms with Gasteiger partial charge in [-0.15, -0.1) is 0 Å². The van der Waals surface area contributed by atoms with Crippen LogP contribution in [0.1, 0.15) is 60.3 Å². The molecular weight excluding hydrogens is 324 g/mol. The second-order valence-electron chi connectivity index (χ2n) is 7.21. The van der Waals surface area contributed by atoms with E-state index >= 15 is 0 Å². The molecule has 4 nitrogen and oxygen atoms in total. The van der Waals surface area contributed by atoms with Crippen molar-refractivity contribution < 1.29 is 22.5 Å². The van der Waals surface area contributed by atoms with Crippen LogP contribution in [0.5, 0.6) is 0 Å². The van der Waals surface area contributed by atoms with Crippen LogP contribution in [0.4, 0.5) is 8.78 Å². The van der Waals surface area contributed by atoms with Crippen molar-refractivity contribution in [2.45, 2.75) is 77.6 Å². The molecule has 0 spiro atoms. The van der Waals surface area contributed by atoms with Gasteiger partial charge in [-0.1, -0.05) is 0 Å². The predicted octanol–water partition coefficient (Wildman–Crippen LogP) is 3.91. The van der Waals surface area contributed by atoms with Crippen molar-refractivity contribution in [1.29, 1.82) is 0 Å². The maximum absolute atomic E-state index is 13.3. The monoisotopic (exact) mass is 351 g/mol.